The van der Waals surface area contributed by atoms with Crippen LogP contribution in [0.25, 0.3) is 0 Å². The summed E-state index contributed by atoms with van der Waals surface area (Å²) >= 11 is 0. The third-order valence-corrected chi connectivity index (χ3v) is 4.76. The lowest BCUT2D eigenvalue weighted by molar-refractivity contribution is 0.249. The first-order valence-corrected chi connectivity index (χ1v) is 10.2. The van der Waals surface area contributed by atoms with Crippen LogP contribution in [0.3, 0.4) is 0 Å². The van der Waals surface area contributed by atoms with Crippen molar-refractivity contribution in [2.24, 2.45) is 0 Å². The molecule has 1 aliphatic rings. The zero-order valence-corrected chi connectivity index (χ0v) is 15.7. The van der Waals surface area contributed by atoms with Gasteiger partial charge in [0.2, 0.25) is 10.0 Å². The van der Waals surface area contributed by atoms with E-state index in [1.807, 2.05) is 12.1 Å². The van der Waals surface area contributed by atoms with Crippen LogP contribution >= 0.6 is 0 Å². The Kier molecular flexibility index (Phi) is 5.58. The van der Waals surface area contributed by atoms with E-state index in [4.69, 9.17) is 4.74 Å². The number of hydrogen-bond donors (Lipinski definition) is 1. The van der Waals surface area contributed by atoms with Crippen molar-refractivity contribution in [3.63, 3.8) is 0 Å². The van der Waals surface area contributed by atoms with Gasteiger partial charge in [0, 0.05) is 45.1 Å². The van der Waals surface area contributed by atoms with Crippen LogP contribution in [0.2, 0.25) is 0 Å². The SMILES string of the molecule is COc1ccc(CN2CCN(c3nccnc3NS(C)(=O)=O)CC2)cc1. The van der Waals surface area contributed by atoms with Crippen molar-refractivity contribution in [2.45, 2.75) is 6.54 Å². The average molecular weight is 377 g/mol. The van der Waals surface area contributed by atoms with Gasteiger partial charge in [-0.1, -0.05) is 12.1 Å². The number of nitrogens with one attached hydrogen (secondary N) is 1. The van der Waals surface area contributed by atoms with Gasteiger partial charge in [-0.15, -0.1) is 0 Å². The normalized spacial score (nSPS) is 15.7. The summed E-state index contributed by atoms with van der Waals surface area (Å²) < 4.78 is 30.7. The van der Waals surface area contributed by atoms with Gasteiger partial charge in [-0.05, 0) is 17.7 Å². The molecular formula is C17H23N5O3S. The molecule has 0 radical (unpaired) electrons. The molecule has 1 aromatic carbocycles. The maximum Gasteiger partial charge on any atom is 0.231 e. The van der Waals surface area contributed by atoms with E-state index in [1.165, 1.54) is 11.8 Å². The third kappa shape index (κ3) is 4.83. The molecule has 0 atom stereocenters. The minimum atomic E-state index is -3.40. The Morgan fingerprint density at radius 1 is 1.08 bits per heavy atom. The van der Waals surface area contributed by atoms with Crippen molar-refractivity contribution in [1.82, 2.24) is 14.9 Å². The number of aromatic nitrogens is 2. The van der Waals surface area contributed by atoms with Crippen LogP contribution < -0.4 is 14.4 Å². The van der Waals surface area contributed by atoms with Crippen LogP contribution in [-0.4, -0.2) is 62.8 Å². The number of benzene rings is 1. The van der Waals surface area contributed by atoms with Crippen LogP contribution in [-0.2, 0) is 16.6 Å². The van der Waals surface area contributed by atoms with E-state index >= 15 is 0 Å². The number of sulfonamides is 1. The van der Waals surface area contributed by atoms with Crippen molar-refractivity contribution in [2.75, 3.05) is 49.2 Å². The van der Waals surface area contributed by atoms with E-state index in [-0.39, 0.29) is 5.82 Å². The summed E-state index contributed by atoms with van der Waals surface area (Å²) in [7, 11) is -1.74. The largest absolute Gasteiger partial charge is 0.497 e. The van der Waals surface area contributed by atoms with Crippen LogP contribution in [0.4, 0.5) is 11.6 Å². The molecule has 3 rings (SSSR count). The Bertz CT molecular complexity index is 834. The molecule has 2 heterocycles. The summed E-state index contributed by atoms with van der Waals surface area (Å²) in [6.07, 6.45) is 4.17. The lowest BCUT2D eigenvalue weighted by atomic mass is 10.2. The average Bonchev–Trinajstić information content (AvgIpc) is 2.62. The summed E-state index contributed by atoms with van der Waals surface area (Å²) in [6, 6.07) is 8.08. The fraction of sp³-hybridized carbons (Fsp3) is 0.412. The van der Waals surface area contributed by atoms with Crippen molar-refractivity contribution in [1.29, 1.82) is 0 Å². The lowest BCUT2D eigenvalue weighted by Crippen LogP contribution is -2.46. The molecule has 0 unspecified atom stereocenters. The number of ether oxygens (including phenoxy) is 1. The van der Waals surface area contributed by atoms with Gasteiger partial charge in [0.1, 0.15) is 5.75 Å². The van der Waals surface area contributed by atoms with E-state index in [0.717, 1.165) is 44.7 Å². The van der Waals surface area contributed by atoms with Gasteiger partial charge in [0.05, 0.1) is 13.4 Å². The zero-order valence-electron chi connectivity index (χ0n) is 14.9. The summed E-state index contributed by atoms with van der Waals surface area (Å²) in [6.45, 7) is 4.11. The second-order valence-electron chi connectivity index (χ2n) is 6.21. The highest BCUT2D eigenvalue weighted by Gasteiger charge is 2.22. The Morgan fingerprint density at radius 3 is 2.35 bits per heavy atom. The Hall–Kier alpha value is -2.39. The third-order valence-electron chi connectivity index (χ3n) is 4.20. The molecular weight excluding hydrogens is 354 g/mol. The molecule has 1 saturated heterocycles. The van der Waals surface area contributed by atoms with E-state index in [2.05, 4.69) is 36.6 Å². The number of anilines is 2. The summed E-state index contributed by atoms with van der Waals surface area (Å²) in [5, 5.41) is 0. The zero-order chi connectivity index (χ0) is 18.6. The molecule has 1 aromatic heterocycles. The van der Waals surface area contributed by atoms with Gasteiger partial charge in [-0.3, -0.25) is 9.62 Å². The molecule has 0 bridgehead atoms. The molecule has 1 N–H and O–H groups in total. The van der Waals surface area contributed by atoms with Crippen molar-refractivity contribution < 1.29 is 13.2 Å². The summed E-state index contributed by atoms with van der Waals surface area (Å²) in [5.41, 5.74) is 1.23. The molecule has 2 aromatic rings. The molecule has 0 aliphatic carbocycles. The summed E-state index contributed by atoms with van der Waals surface area (Å²) in [5.74, 6) is 1.70. The number of rotatable bonds is 6. The second kappa shape index (κ2) is 7.88. The number of nitrogens with zero attached hydrogens (tertiary/aromatic N) is 4. The highest BCUT2D eigenvalue weighted by atomic mass is 32.2. The second-order valence-corrected chi connectivity index (χ2v) is 7.96. The van der Waals surface area contributed by atoms with Gasteiger partial charge in [-0.2, -0.15) is 0 Å². The maximum atomic E-state index is 11.5. The quantitative estimate of drug-likeness (QED) is 0.809. The van der Waals surface area contributed by atoms with E-state index < -0.39 is 10.0 Å². The van der Waals surface area contributed by atoms with E-state index in [0.29, 0.717) is 5.82 Å². The van der Waals surface area contributed by atoms with E-state index in [9.17, 15) is 8.42 Å². The smallest absolute Gasteiger partial charge is 0.231 e. The van der Waals surface area contributed by atoms with Gasteiger partial charge < -0.3 is 9.64 Å². The predicted octanol–water partition coefficient (Wildman–Crippen LogP) is 1.18. The number of methoxy groups -OCH3 is 1. The maximum absolute atomic E-state index is 11.5. The van der Waals surface area contributed by atoms with Crippen LogP contribution in [0.15, 0.2) is 36.7 Å². The minimum absolute atomic E-state index is 0.276. The Labute approximate surface area is 153 Å². The monoisotopic (exact) mass is 377 g/mol. The van der Waals surface area contributed by atoms with Gasteiger partial charge in [0.15, 0.2) is 11.6 Å². The number of piperazine rings is 1. The van der Waals surface area contributed by atoms with Crippen molar-refractivity contribution >= 4 is 21.7 Å². The van der Waals surface area contributed by atoms with Crippen molar-refractivity contribution in [3.05, 3.63) is 42.2 Å². The molecule has 9 heteroatoms. The molecule has 1 fully saturated rings. The van der Waals surface area contributed by atoms with Gasteiger partial charge >= 0.3 is 0 Å². The lowest BCUT2D eigenvalue weighted by Gasteiger charge is -2.35. The van der Waals surface area contributed by atoms with Crippen molar-refractivity contribution in [3.8, 4) is 5.75 Å². The van der Waals surface area contributed by atoms with Crippen LogP contribution in [0, 0.1) is 0 Å². The fourth-order valence-electron chi connectivity index (χ4n) is 2.92. The first-order chi connectivity index (χ1) is 12.4. The Balaban J connectivity index is 1.61. The molecule has 0 spiro atoms. The fourth-order valence-corrected chi connectivity index (χ4v) is 3.41. The molecule has 140 valence electrons. The predicted molar refractivity (Wildman–Crippen MR) is 101 cm³/mol. The topological polar surface area (TPSA) is 87.7 Å². The molecule has 0 amide bonds. The standard InChI is InChI=1S/C17H23N5O3S/c1-25-15-5-3-14(4-6-15)13-21-9-11-22(12-10-21)17-16(18-7-8-19-17)20-26(2,23)24/h3-8H,9-13H2,1-2H3,(H,18,20). The molecule has 0 saturated carbocycles. The van der Waals surface area contributed by atoms with Crippen LogP contribution in [0.5, 0.6) is 5.75 Å². The molecule has 8 nitrogen and oxygen atoms in total. The van der Waals surface area contributed by atoms with E-state index in [1.54, 1.807) is 13.3 Å². The molecule has 1 aliphatic heterocycles. The Morgan fingerprint density at radius 2 is 1.73 bits per heavy atom. The molecule has 26 heavy (non-hydrogen) atoms. The first kappa shape index (κ1) is 18.4. The minimum Gasteiger partial charge on any atom is -0.497 e. The van der Waals surface area contributed by atoms with Gasteiger partial charge in [-0.25, -0.2) is 18.4 Å². The first-order valence-electron chi connectivity index (χ1n) is 8.33. The highest BCUT2D eigenvalue weighted by Crippen LogP contribution is 2.23. The van der Waals surface area contributed by atoms with Crippen LogP contribution in [0.1, 0.15) is 5.56 Å². The summed E-state index contributed by atoms with van der Waals surface area (Å²) in [4.78, 5) is 12.9. The highest BCUT2D eigenvalue weighted by molar-refractivity contribution is 7.92. The van der Waals surface area contributed by atoms with Gasteiger partial charge in [0.25, 0.3) is 0 Å². The number of hydrogen-bond acceptors (Lipinski definition) is 7.